The Balaban J connectivity index is 2.23. The van der Waals surface area contributed by atoms with Crippen molar-refractivity contribution in [2.45, 2.75) is 17.1 Å². The third-order valence-corrected chi connectivity index (χ3v) is 4.18. The van der Waals surface area contributed by atoms with E-state index >= 15 is 0 Å². The number of thioether (sulfide) groups is 1. The first-order valence-electron chi connectivity index (χ1n) is 5.78. The molecule has 2 rings (SSSR count). The Morgan fingerprint density at radius 1 is 1.11 bits per heavy atom. The highest BCUT2D eigenvalue weighted by molar-refractivity contribution is 8.00. The minimum absolute atomic E-state index is 0.605. The summed E-state index contributed by atoms with van der Waals surface area (Å²) in [7, 11) is 0. The number of benzene rings is 2. The Morgan fingerprint density at radius 3 is 2.21 bits per heavy atom. The van der Waals surface area contributed by atoms with Crippen LogP contribution in [0.1, 0.15) is 16.4 Å². The van der Waals surface area contributed by atoms with Crippen LogP contribution in [-0.2, 0) is 4.79 Å². The molecule has 0 aliphatic carbocycles. The van der Waals surface area contributed by atoms with Gasteiger partial charge in [-0.1, -0.05) is 41.4 Å². The van der Waals surface area contributed by atoms with E-state index in [1.54, 1.807) is 24.3 Å². The number of carboxylic acids is 1. The van der Waals surface area contributed by atoms with Gasteiger partial charge in [-0.25, -0.2) is 0 Å². The number of carbonyl (C=O) groups is 1. The van der Waals surface area contributed by atoms with Gasteiger partial charge in [0, 0.05) is 9.92 Å². The van der Waals surface area contributed by atoms with Crippen molar-refractivity contribution >= 4 is 29.3 Å². The van der Waals surface area contributed by atoms with Crippen LogP contribution in [0.25, 0.3) is 0 Å². The summed E-state index contributed by atoms with van der Waals surface area (Å²) in [5, 5.41) is 9.34. The molecule has 0 aromatic heterocycles. The van der Waals surface area contributed by atoms with E-state index in [1.165, 1.54) is 11.8 Å². The van der Waals surface area contributed by atoms with Crippen molar-refractivity contribution in [2.75, 3.05) is 0 Å². The van der Waals surface area contributed by atoms with Crippen molar-refractivity contribution in [1.82, 2.24) is 0 Å². The van der Waals surface area contributed by atoms with Gasteiger partial charge in [0.2, 0.25) is 0 Å². The van der Waals surface area contributed by atoms with Gasteiger partial charge in [0.15, 0.2) is 0 Å². The van der Waals surface area contributed by atoms with E-state index in [-0.39, 0.29) is 0 Å². The summed E-state index contributed by atoms with van der Waals surface area (Å²) in [6, 6.07) is 14.7. The van der Waals surface area contributed by atoms with E-state index in [2.05, 4.69) is 0 Å². The van der Waals surface area contributed by atoms with Crippen LogP contribution in [0.15, 0.2) is 53.4 Å². The molecule has 0 spiro atoms. The molecule has 0 unspecified atom stereocenters. The van der Waals surface area contributed by atoms with Gasteiger partial charge in [-0.2, -0.15) is 0 Å². The first-order valence-corrected chi connectivity index (χ1v) is 7.03. The van der Waals surface area contributed by atoms with Gasteiger partial charge in [-0.05, 0) is 36.8 Å². The molecule has 4 heteroatoms. The second-order valence-corrected chi connectivity index (χ2v) is 5.82. The molecule has 0 fully saturated rings. The number of halogens is 1. The number of aryl methyl sites for hydroxylation is 1. The summed E-state index contributed by atoms with van der Waals surface area (Å²) in [4.78, 5) is 12.3. The van der Waals surface area contributed by atoms with Crippen molar-refractivity contribution in [1.29, 1.82) is 0 Å². The summed E-state index contributed by atoms with van der Waals surface area (Å²) in [5.74, 6) is -0.854. The van der Waals surface area contributed by atoms with Crippen LogP contribution in [-0.4, -0.2) is 11.1 Å². The summed E-state index contributed by atoms with van der Waals surface area (Å²) < 4.78 is 0. The predicted molar refractivity (Wildman–Crippen MR) is 78.9 cm³/mol. The van der Waals surface area contributed by atoms with Crippen LogP contribution < -0.4 is 0 Å². The number of hydrogen-bond acceptors (Lipinski definition) is 2. The summed E-state index contributed by atoms with van der Waals surface area (Å²) in [5.41, 5.74) is 1.89. The molecule has 0 radical (unpaired) electrons. The summed E-state index contributed by atoms with van der Waals surface area (Å²) >= 11 is 7.14. The minimum Gasteiger partial charge on any atom is -0.480 e. The SMILES string of the molecule is Cc1ccc(S[C@@H](C(=O)O)c2ccc(Cl)cc2)cc1. The van der Waals surface area contributed by atoms with E-state index in [1.807, 2.05) is 31.2 Å². The van der Waals surface area contributed by atoms with Crippen molar-refractivity contribution < 1.29 is 9.90 Å². The van der Waals surface area contributed by atoms with E-state index in [0.29, 0.717) is 5.02 Å². The van der Waals surface area contributed by atoms with Crippen LogP contribution >= 0.6 is 23.4 Å². The molecule has 0 saturated heterocycles. The highest BCUT2D eigenvalue weighted by atomic mass is 35.5. The zero-order valence-electron chi connectivity index (χ0n) is 10.3. The van der Waals surface area contributed by atoms with Gasteiger partial charge in [0.05, 0.1) is 0 Å². The zero-order chi connectivity index (χ0) is 13.8. The fourth-order valence-electron chi connectivity index (χ4n) is 1.65. The summed E-state index contributed by atoms with van der Waals surface area (Å²) in [6.45, 7) is 2.00. The smallest absolute Gasteiger partial charge is 0.321 e. The molecule has 1 N–H and O–H groups in total. The monoisotopic (exact) mass is 292 g/mol. The van der Waals surface area contributed by atoms with Crippen LogP contribution in [0.5, 0.6) is 0 Å². The second-order valence-electron chi connectivity index (χ2n) is 4.20. The molecular weight excluding hydrogens is 280 g/mol. The Bertz CT molecular complexity index is 564. The van der Waals surface area contributed by atoms with E-state index in [0.717, 1.165) is 16.0 Å². The lowest BCUT2D eigenvalue weighted by Crippen LogP contribution is -2.07. The lowest BCUT2D eigenvalue weighted by atomic mass is 10.1. The highest BCUT2D eigenvalue weighted by Gasteiger charge is 2.21. The normalized spacial score (nSPS) is 12.1. The molecular formula is C15H13ClO2S. The first kappa shape index (κ1) is 14.0. The van der Waals surface area contributed by atoms with Gasteiger partial charge in [-0.3, -0.25) is 4.79 Å². The van der Waals surface area contributed by atoms with Crippen LogP contribution in [0, 0.1) is 6.92 Å². The summed E-state index contributed by atoms with van der Waals surface area (Å²) in [6.07, 6.45) is 0. The molecule has 98 valence electrons. The zero-order valence-corrected chi connectivity index (χ0v) is 11.9. The van der Waals surface area contributed by atoms with Gasteiger partial charge in [0.25, 0.3) is 0 Å². The number of carboxylic acid groups (broad SMARTS) is 1. The maximum atomic E-state index is 11.4. The van der Waals surface area contributed by atoms with E-state index < -0.39 is 11.2 Å². The first-order chi connectivity index (χ1) is 9.06. The Labute approximate surface area is 121 Å². The predicted octanol–water partition coefficient (Wildman–Crippen LogP) is 4.57. The molecule has 0 aliphatic heterocycles. The minimum atomic E-state index is -0.854. The maximum Gasteiger partial charge on any atom is 0.321 e. The third kappa shape index (κ3) is 3.75. The molecule has 0 aliphatic rings. The van der Waals surface area contributed by atoms with Crippen molar-refractivity contribution in [2.24, 2.45) is 0 Å². The highest BCUT2D eigenvalue weighted by Crippen LogP contribution is 2.35. The Hall–Kier alpha value is -1.45. The van der Waals surface area contributed by atoms with Crippen LogP contribution in [0.3, 0.4) is 0 Å². The average Bonchev–Trinajstić information content (AvgIpc) is 2.39. The quantitative estimate of drug-likeness (QED) is 0.839. The largest absolute Gasteiger partial charge is 0.480 e. The van der Waals surface area contributed by atoms with E-state index in [9.17, 15) is 9.90 Å². The van der Waals surface area contributed by atoms with Gasteiger partial charge in [0.1, 0.15) is 5.25 Å². The number of hydrogen-bond donors (Lipinski definition) is 1. The van der Waals surface area contributed by atoms with Crippen LogP contribution in [0.4, 0.5) is 0 Å². The van der Waals surface area contributed by atoms with Crippen molar-refractivity contribution in [3.8, 4) is 0 Å². The average molecular weight is 293 g/mol. The number of aliphatic carboxylic acids is 1. The fourth-order valence-corrected chi connectivity index (χ4v) is 2.74. The molecule has 0 heterocycles. The molecule has 1 atom stereocenters. The second kappa shape index (κ2) is 6.13. The fraction of sp³-hybridized carbons (Fsp3) is 0.133. The van der Waals surface area contributed by atoms with Gasteiger partial charge < -0.3 is 5.11 Å². The molecule has 2 aromatic carbocycles. The maximum absolute atomic E-state index is 11.4. The standard InChI is InChI=1S/C15H13ClO2S/c1-10-2-8-13(9-3-10)19-14(15(17)18)11-4-6-12(16)7-5-11/h2-9,14H,1H3,(H,17,18)/t14-/m1/s1. The van der Waals surface area contributed by atoms with Crippen molar-refractivity contribution in [3.05, 3.63) is 64.7 Å². The van der Waals surface area contributed by atoms with Crippen LogP contribution in [0.2, 0.25) is 5.02 Å². The van der Waals surface area contributed by atoms with Crippen molar-refractivity contribution in [3.63, 3.8) is 0 Å². The lowest BCUT2D eigenvalue weighted by molar-refractivity contribution is -0.136. The third-order valence-electron chi connectivity index (χ3n) is 2.67. The van der Waals surface area contributed by atoms with Gasteiger partial charge in [-0.15, -0.1) is 11.8 Å². The lowest BCUT2D eigenvalue weighted by Gasteiger charge is -2.12. The molecule has 0 saturated carbocycles. The molecule has 2 nitrogen and oxygen atoms in total. The Kier molecular flexibility index (Phi) is 4.51. The van der Waals surface area contributed by atoms with E-state index in [4.69, 9.17) is 11.6 Å². The number of rotatable bonds is 4. The topological polar surface area (TPSA) is 37.3 Å². The molecule has 2 aromatic rings. The van der Waals surface area contributed by atoms with Gasteiger partial charge >= 0.3 is 5.97 Å². The Morgan fingerprint density at radius 2 is 1.68 bits per heavy atom. The molecule has 19 heavy (non-hydrogen) atoms. The molecule has 0 amide bonds. The molecule has 0 bridgehead atoms.